The van der Waals surface area contributed by atoms with E-state index in [1.54, 1.807) is 42.5 Å². The summed E-state index contributed by atoms with van der Waals surface area (Å²) in [4.78, 5) is 24.7. The lowest BCUT2D eigenvalue weighted by molar-refractivity contribution is 0.0696. The molecule has 0 atom stereocenters. The second-order valence-electron chi connectivity index (χ2n) is 6.84. The highest BCUT2D eigenvalue weighted by Crippen LogP contribution is 2.43. The van der Waals surface area contributed by atoms with Crippen molar-refractivity contribution in [2.24, 2.45) is 0 Å². The van der Waals surface area contributed by atoms with E-state index in [1.807, 2.05) is 0 Å². The van der Waals surface area contributed by atoms with Crippen LogP contribution in [0.5, 0.6) is 11.5 Å². The van der Waals surface area contributed by atoms with Gasteiger partial charge >= 0.3 is 5.97 Å². The van der Waals surface area contributed by atoms with Crippen molar-refractivity contribution in [3.63, 3.8) is 0 Å². The van der Waals surface area contributed by atoms with Gasteiger partial charge in [-0.3, -0.25) is 4.79 Å². The molecule has 3 N–H and O–H groups in total. The van der Waals surface area contributed by atoms with E-state index in [1.165, 1.54) is 13.0 Å². The van der Waals surface area contributed by atoms with Gasteiger partial charge in [0.1, 0.15) is 0 Å². The lowest BCUT2D eigenvalue weighted by Gasteiger charge is -2.24. The van der Waals surface area contributed by atoms with Crippen LogP contribution >= 0.6 is 24.1 Å². The summed E-state index contributed by atoms with van der Waals surface area (Å²) in [6, 6.07) is 13.1. The second kappa shape index (κ2) is 8.24. The van der Waals surface area contributed by atoms with Crippen LogP contribution in [0, 0.1) is 0 Å². The Bertz CT molecular complexity index is 1360. The van der Waals surface area contributed by atoms with Crippen molar-refractivity contribution >= 4 is 48.0 Å². The van der Waals surface area contributed by atoms with Crippen LogP contribution in [0.15, 0.2) is 58.3 Å². The maximum absolute atomic E-state index is 12.1. The Labute approximate surface area is 185 Å². The third kappa shape index (κ3) is 3.53. The Morgan fingerprint density at radius 3 is 2.39 bits per heavy atom. The number of benzene rings is 3. The zero-order chi connectivity index (χ0) is 22.3. The third-order valence-electron chi connectivity index (χ3n) is 5.03. The highest BCUT2D eigenvalue weighted by molar-refractivity contribution is 7.94. The minimum Gasteiger partial charge on any atom is -0.478 e. The first-order valence-corrected chi connectivity index (χ1v) is 10.6. The lowest BCUT2D eigenvalue weighted by Crippen LogP contribution is -2.23. The predicted octanol–water partition coefficient (Wildman–Crippen LogP) is 4.48. The average Bonchev–Trinajstić information content (AvgIpc) is 2.76. The summed E-state index contributed by atoms with van der Waals surface area (Å²) < 4.78 is 25.7. The largest absolute Gasteiger partial charge is 0.478 e. The van der Waals surface area contributed by atoms with Gasteiger partial charge in [0.05, 0.1) is 15.4 Å². The predicted molar refractivity (Wildman–Crippen MR) is 120 cm³/mol. The van der Waals surface area contributed by atoms with Crippen molar-refractivity contribution in [3.8, 4) is 11.5 Å². The first kappa shape index (κ1) is 21.2. The smallest absolute Gasteiger partial charge is 0.336 e. The summed E-state index contributed by atoms with van der Waals surface area (Å²) in [6.07, 6.45) is 0. The first-order chi connectivity index (χ1) is 14.9. The highest BCUT2D eigenvalue weighted by atomic mass is 32.2. The molecule has 8 heteroatoms. The van der Waals surface area contributed by atoms with E-state index in [0.717, 1.165) is 0 Å². The van der Waals surface area contributed by atoms with Gasteiger partial charge < -0.3 is 18.9 Å². The van der Waals surface area contributed by atoms with Gasteiger partial charge in [-0.15, -0.1) is 0 Å². The Morgan fingerprint density at radius 2 is 1.74 bits per heavy atom. The number of carboxylic acid groups (broad SMARTS) is 1. The van der Waals surface area contributed by atoms with Crippen molar-refractivity contribution in [3.05, 3.63) is 81.2 Å². The quantitative estimate of drug-likeness (QED) is 0.301. The molecule has 6 nitrogen and oxygen atoms in total. The summed E-state index contributed by atoms with van der Waals surface area (Å²) in [7, 11) is 0. The van der Waals surface area contributed by atoms with Gasteiger partial charge in [0.25, 0.3) is 0 Å². The number of hydrogen-bond acceptors (Lipinski definition) is 7. The molecule has 0 saturated heterocycles. The van der Waals surface area contributed by atoms with E-state index in [2.05, 4.69) is 6.58 Å². The normalized spacial score (nSPS) is 12.0. The number of carbonyl (C=O) groups is 2. The van der Waals surface area contributed by atoms with E-state index in [9.17, 15) is 23.8 Å². The molecule has 31 heavy (non-hydrogen) atoms. The summed E-state index contributed by atoms with van der Waals surface area (Å²) in [6.45, 7) is 5.29. The van der Waals surface area contributed by atoms with Crippen LogP contribution in [0.25, 0.3) is 12.2 Å². The highest BCUT2D eigenvalue weighted by Gasteiger charge is 2.27. The van der Waals surface area contributed by atoms with Crippen LogP contribution in [0.4, 0.5) is 0 Å². The van der Waals surface area contributed by atoms with Crippen LogP contribution in [-0.2, 0) is 0 Å². The van der Waals surface area contributed by atoms with Crippen LogP contribution in [-0.4, -0.2) is 26.0 Å². The van der Waals surface area contributed by atoms with Crippen LogP contribution in [0.1, 0.15) is 38.8 Å². The van der Waals surface area contributed by atoms with E-state index >= 15 is 0 Å². The molecule has 1 heterocycles. The number of aromatic carboxylic acids is 1. The molecular weight excluding hydrogens is 436 g/mol. The second-order valence-corrected chi connectivity index (χ2v) is 8.06. The molecule has 0 saturated carbocycles. The fraction of sp³-hybridized carbons (Fsp3) is 0.0435. The summed E-state index contributed by atoms with van der Waals surface area (Å²) >= 11 is 0.987. The Morgan fingerprint density at radius 1 is 0.968 bits per heavy atom. The molecule has 0 spiro atoms. The van der Waals surface area contributed by atoms with E-state index in [4.69, 9.17) is 4.74 Å². The first-order valence-electron chi connectivity index (χ1n) is 9.06. The molecule has 0 aromatic heterocycles. The number of Topliss-reactive ketones (excluding diaryl/α,β-unsaturated/α-hetero) is 1. The van der Waals surface area contributed by atoms with Crippen LogP contribution in [0.2, 0.25) is 0 Å². The van der Waals surface area contributed by atoms with E-state index < -0.39 is 5.97 Å². The fourth-order valence-electron chi connectivity index (χ4n) is 3.59. The SMILES string of the molecule is C=c1ccc2c(c1SO)Oc1c(SO)cccc1C=2c1ccc(C(C)=O)cc1C(=O)O. The lowest BCUT2D eigenvalue weighted by atomic mass is 9.88. The molecule has 156 valence electrons. The van der Waals surface area contributed by atoms with E-state index in [-0.39, 0.29) is 16.9 Å². The van der Waals surface area contributed by atoms with Crippen LogP contribution < -0.4 is 15.2 Å². The van der Waals surface area contributed by atoms with Gasteiger partial charge in [-0.25, -0.2) is 4.79 Å². The number of ether oxygens (including phenoxy) is 1. The van der Waals surface area contributed by atoms with Gasteiger partial charge in [0.2, 0.25) is 0 Å². The molecule has 0 amide bonds. The number of carboxylic acids is 1. The number of hydrogen-bond donors (Lipinski definition) is 3. The van der Waals surface area contributed by atoms with Gasteiger partial charge in [0, 0.05) is 46.0 Å². The minimum absolute atomic E-state index is 0.0412. The zero-order valence-electron chi connectivity index (χ0n) is 16.2. The molecule has 0 aliphatic carbocycles. The zero-order valence-corrected chi connectivity index (χ0v) is 17.8. The molecule has 0 unspecified atom stereocenters. The maximum atomic E-state index is 12.1. The monoisotopic (exact) mass is 452 g/mol. The molecular formula is C23H16O6S2. The summed E-state index contributed by atoms with van der Waals surface area (Å²) in [5.41, 5.74) is 1.76. The Kier molecular flexibility index (Phi) is 5.63. The van der Waals surface area contributed by atoms with Crippen LogP contribution in [0.3, 0.4) is 0 Å². The van der Waals surface area contributed by atoms with Gasteiger partial charge in [-0.2, -0.15) is 0 Å². The molecule has 1 aliphatic rings. The van der Waals surface area contributed by atoms with E-state index in [0.29, 0.717) is 72.5 Å². The number of fused-ring (bicyclic) bond motifs is 2. The van der Waals surface area contributed by atoms with Gasteiger partial charge in [-0.05, 0) is 35.9 Å². The molecule has 0 bridgehead atoms. The number of rotatable bonds is 5. The average molecular weight is 453 g/mol. The molecule has 1 aliphatic heterocycles. The number of para-hydroxylation sites is 1. The molecule has 0 fully saturated rings. The minimum atomic E-state index is -1.18. The van der Waals surface area contributed by atoms with Crippen molar-refractivity contribution in [2.75, 3.05) is 0 Å². The fourth-order valence-corrected chi connectivity index (χ4v) is 4.38. The van der Waals surface area contributed by atoms with Gasteiger partial charge in [0.15, 0.2) is 17.3 Å². The van der Waals surface area contributed by atoms with Crippen molar-refractivity contribution < 1.29 is 28.5 Å². The summed E-state index contributed by atoms with van der Waals surface area (Å²) in [5, 5.41) is 11.0. The van der Waals surface area contributed by atoms with Crippen molar-refractivity contribution in [1.29, 1.82) is 0 Å². The number of ketones is 1. The summed E-state index contributed by atoms with van der Waals surface area (Å²) in [5.74, 6) is -0.772. The molecule has 3 aromatic carbocycles. The van der Waals surface area contributed by atoms with Crippen molar-refractivity contribution in [2.45, 2.75) is 16.7 Å². The standard InChI is InChI=1S/C23H16O6S2/c1-11-6-8-16-19(14-9-7-13(12(2)24)10-17(14)23(25)26)15-4-3-5-18(30-27)20(15)29-21(16)22(11)31-28/h3-10,27-28H,1H2,2H3,(H,25,26). The third-order valence-corrected chi connectivity index (χ3v) is 6.18. The maximum Gasteiger partial charge on any atom is 0.336 e. The molecule has 3 aromatic rings. The molecule has 0 radical (unpaired) electrons. The Hall–Kier alpha value is -3.04. The topological polar surface area (TPSA) is 104 Å². The molecule has 4 rings (SSSR count). The van der Waals surface area contributed by atoms with Gasteiger partial charge in [-0.1, -0.05) is 36.9 Å². The van der Waals surface area contributed by atoms with Crippen molar-refractivity contribution in [1.82, 2.24) is 0 Å². The Balaban J connectivity index is 2.19. The number of carbonyl (C=O) groups excluding carboxylic acids is 1.